The first kappa shape index (κ1) is 21.7. The van der Waals surface area contributed by atoms with Gasteiger partial charge in [-0.3, -0.25) is 4.79 Å². The summed E-state index contributed by atoms with van der Waals surface area (Å²) in [6.07, 6.45) is -6.95. The van der Waals surface area contributed by atoms with E-state index in [0.717, 1.165) is 30.3 Å². The van der Waals surface area contributed by atoms with Crippen molar-refractivity contribution in [2.45, 2.75) is 37.6 Å². The van der Waals surface area contributed by atoms with Crippen LogP contribution in [0.5, 0.6) is 28.7 Å². The van der Waals surface area contributed by atoms with Crippen molar-refractivity contribution in [3.63, 3.8) is 0 Å². The average Bonchev–Trinajstić information content (AvgIpc) is 2.68. The molecule has 2 aromatic rings. The summed E-state index contributed by atoms with van der Waals surface area (Å²) in [6, 6.07) is 5.51. The highest BCUT2D eigenvalue weighted by Gasteiger charge is 2.43. The summed E-state index contributed by atoms with van der Waals surface area (Å²) in [7, 11) is 1.25. The molecule has 0 unspecified atom stereocenters. The van der Waals surface area contributed by atoms with Gasteiger partial charge in [0, 0.05) is 23.8 Å². The minimum atomic E-state index is -1.66. The third-order valence-corrected chi connectivity index (χ3v) is 4.71. The van der Waals surface area contributed by atoms with E-state index in [9.17, 15) is 35.4 Å². The highest BCUT2D eigenvalue weighted by atomic mass is 16.7. The molecule has 0 bridgehead atoms. The van der Waals surface area contributed by atoms with Crippen LogP contribution in [0.4, 0.5) is 0 Å². The lowest BCUT2D eigenvalue weighted by atomic mass is 9.99. The van der Waals surface area contributed by atoms with Gasteiger partial charge in [0.25, 0.3) is 0 Å². The lowest BCUT2D eigenvalue weighted by Crippen LogP contribution is -2.58. The van der Waals surface area contributed by atoms with Gasteiger partial charge < -0.3 is 44.8 Å². The first-order valence-corrected chi connectivity index (χ1v) is 8.97. The number of methoxy groups -OCH3 is 1. The number of hydrogen-bond acceptors (Lipinski definition) is 10. The Morgan fingerprint density at radius 2 is 1.43 bits per heavy atom. The normalized spacial score (nSPS) is 26.2. The summed E-state index contributed by atoms with van der Waals surface area (Å²) in [5.74, 6) is -2.09. The quantitative estimate of drug-likeness (QED) is 0.368. The highest BCUT2D eigenvalue weighted by molar-refractivity contribution is 6.13. The van der Waals surface area contributed by atoms with Crippen molar-refractivity contribution in [1.82, 2.24) is 0 Å². The number of aromatic hydroxyl groups is 3. The summed E-state index contributed by atoms with van der Waals surface area (Å²) < 4.78 is 16.1. The second-order valence-electron chi connectivity index (χ2n) is 6.89. The number of aliphatic hydroxyl groups is 3. The molecular weight excluding hydrogens is 400 g/mol. The highest BCUT2D eigenvalue weighted by Crippen LogP contribution is 2.38. The number of rotatable bonds is 5. The number of carbonyl (C=O) groups excluding carboxylic acids is 1. The van der Waals surface area contributed by atoms with E-state index in [2.05, 4.69) is 0 Å². The summed E-state index contributed by atoms with van der Waals surface area (Å²) >= 11 is 0. The Labute approximate surface area is 171 Å². The molecule has 162 valence electrons. The molecule has 0 radical (unpaired) electrons. The standard InChI is InChI=1S/C20H22O10/c1-8-16(24)18(26)19(27)20(29-8)30-14-7-12(23)6-13(28-2)15(14)17(25)9-3-10(21)5-11(22)4-9/h3-8,16,18-24,26-27H,1-2H3/t8-,16-,18+,19+,20-/m0/s1. The lowest BCUT2D eigenvalue weighted by Gasteiger charge is -2.39. The third kappa shape index (κ3) is 4.12. The number of phenolic OH excluding ortho intramolecular Hbond substituents is 3. The zero-order valence-corrected chi connectivity index (χ0v) is 16.1. The van der Waals surface area contributed by atoms with Gasteiger partial charge in [-0.2, -0.15) is 0 Å². The predicted octanol–water partition coefficient (Wildman–Crippen LogP) is 0.249. The number of phenols is 3. The van der Waals surface area contributed by atoms with Crippen molar-refractivity contribution in [3.8, 4) is 28.7 Å². The minimum Gasteiger partial charge on any atom is -0.508 e. The maximum Gasteiger partial charge on any atom is 0.229 e. The van der Waals surface area contributed by atoms with Crippen LogP contribution < -0.4 is 9.47 Å². The van der Waals surface area contributed by atoms with Crippen LogP contribution in [0.1, 0.15) is 22.8 Å². The molecule has 5 atom stereocenters. The van der Waals surface area contributed by atoms with E-state index in [1.165, 1.54) is 14.0 Å². The number of hydrogen-bond donors (Lipinski definition) is 6. The Morgan fingerprint density at radius 3 is 2.03 bits per heavy atom. The van der Waals surface area contributed by atoms with Crippen molar-refractivity contribution >= 4 is 5.78 Å². The summed E-state index contributed by atoms with van der Waals surface area (Å²) in [5.41, 5.74) is -0.292. The molecular formula is C20H22O10. The van der Waals surface area contributed by atoms with Gasteiger partial charge in [0.05, 0.1) is 13.2 Å². The average molecular weight is 422 g/mol. The summed E-state index contributed by atoms with van der Waals surface area (Å²) in [6.45, 7) is 1.46. The van der Waals surface area contributed by atoms with Crippen LogP contribution in [0.3, 0.4) is 0 Å². The lowest BCUT2D eigenvalue weighted by molar-refractivity contribution is -0.268. The fourth-order valence-corrected chi connectivity index (χ4v) is 3.16. The van der Waals surface area contributed by atoms with E-state index >= 15 is 0 Å². The number of aliphatic hydroxyl groups excluding tert-OH is 3. The molecule has 0 aromatic heterocycles. The molecule has 2 aromatic carbocycles. The van der Waals surface area contributed by atoms with Gasteiger partial charge in [-0.25, -0.2) is 0 Å². The Morgan fingerprint density at radius 1 is 0.867 bits per heavy atom. The van der Waals surface area contributed by atoms with Crippen LogP contribution in [-0.2, 0) is 4.74 Å². The molecule has 0 aliphatic carbocycles. The zero-order chi connectivity index (χ0) is 22.2. The first-order valence-electron chi connectivity index (χ1n) is 8.97. The predicted molar refractivity (Wildman–Crippen MR) is 101 cm³/mol. The van der Waals surface area contributed by atoms with Crippen LogP contribution in [0.25, 0.3) is 0 Å². The van der Waals surface area contributed by atoms with E-state index in [1.807, 2.05) is 0 Å². The van der Waals surface area contributed by atoms with Crippen LogP contribution in [0.2, 0.25) is 0 Å². The minimum absolute atomic E-state index is 0.0863. The zero-order valence-electron chi connectivity index (χ0n) is 16.1. The van der Waals surface area contributed by atoms with Gasteiger partial charge in [-0.1, -0.05) is 0 Å². The molecule has 1 aliphatic rings. The Balaban J connectivity index is 2.05. The second kappa shape index (κ2) is 8.36. The van der Waals surface area contributed by atoms with Gasteiger partial charge in [0.1, 0.15) is 52.6 Å². The summed E-state index contributed by atoms with van der Waals surface area (Å²) in [4.78, 5) is 13.1. The van der Waals surface area contributed by atoms with Crippen molar-refractivity contribution in [2.24, 2.45) is 0 Å². The van der Waals surface area contributed by atoms with Gasteiger partial charge in [-0.15, -0.1) is 0 Å². The van der Waals surface area contributed by atoms with E-state index in [4.69, 9.17) is 14.2 Å². The van der Waals surface area contributed by atoms with Crippen LogP contribution in [-0.4, -0.2) is 74.2 Å². The maximum absolute atomic E-state index is 13.1. The molecule has 0 amide bonds. The fraction of sp³-hybridized carbons (Fsp3) is 0.350. The van der Waals surface area contributed by atoms with E-state index < -0.39 is 36.5 Å². The van der Waals surface area contributed by atoms with Crippen molar-refractivity contribution in [3.05, 3.63) is 41.5 Å². The topological polar surface area (TPSA) is 166 Å². The monoisotopic (exact) mass is 422 g/mol. The van der Waals surface area contributed by atoms with Gasteiger partial charge in [0.2, 0.25) is 12.1 Å². The molecule has 0 spiro atoms. The van der Waals surface area contributed by atoms with Crippen molar-refractivity contribution < 1.29 is 49.6 Å². The van der Waals surface area contributed by atoms with E-state index in [-0.39, 0.29) is 39.9 Å². The molecule has 1 heterocycles. The van der Waals surface area contributed by atoms with Gasteiger partial charge in [-0.05, 0) is 19.1 Å². The molecule has 1 aliphatic heterocycles. The van der Waals surface area contributed by atoms with Gasteiger partial charge >= 0.3 is 0 Å². The Kier molecular flexibility index (Phi) is 6.04. The van der Waals surface area contributed by atoms with Crippen LogP contribution in [0.15, 0.2) is 30.3 Å². The number of benzene rings is 2. The molecule has 1 fully saturated rings. The van der Waals surface area contributed by atoms with Crippen LogP contribution >= 0.6 is 0 Å². The third-order valence-electron chi connectivity index (χ3n) is 4.71. The Bertz CT molecular complexity index is 923. The number of ketones is 1. The maximum atomic E-state index is 13.1. The number of carbonyl (C=O) groups is 1. The van der Waals surface area contributed by atoms with Gasteiger partial charge in [0.15, 0.2) is 0 Å². The molecule has 0 saturated carbocycles. The van der Waals surface area contributed by atoms with Crippen LogP contribution in [0, 0.1) is 0 Å². The Hall–Kier alpha value is -3.05. The van der Waals surface area contributed by atoms with Crippen molar-refractivity contribution in [1.29, 1.82) is 0 Å². The van der Waals surface area contributed by atoms with Crippen molar-refractivity contribution in [2.75, 3.05) is 7.11 Å². The molecule has 6 N–H and O–H groups in total. The molecule has 30 heavy (non-hydrogen) atoms. The summed E-state index contributed by atoms with van der Waals surface area (Å²) in [5, 5.41) is 59.4. The SMILES string of the molecule is COc1cc(O)cc(O[C@@H]2O[C@@H](C)[C@H](O)[C@@H](O)[C@H]2O)c1C(=O)c1cc(O)cc(O)c1. The first-order chi connectivity index (χ1) is 14.1. The molecule has 10 heteroatoms. The van der Waals surface area contributed by atoms with E-state index in [0.29, 0.717) is 0 Å². The number of ether oxygens (including phenoxy) is 3. The smallest absolute Gasteiger partial charge is 0.229 e. The molecule has 1 saturated heterocycles. The fourth-order valence-electron chi connectivity index (χ4n) is 3.16. The largest absolute Gasteiger partial charge is 0.508 e. The molecule has 3 rings (SSSR count). The second-order valence-corrected chi connectivity index (χ2v) is 6.89. The van der Waals surface area contributed by atoms with E-state index in [1.54, 1.807) is 0 Å². The molecule has 10 nitrogen and oxygen atoms in total.